The number of ether oxygens (including phenoxy) is 1. The Kier molecular flexibility index (Phi) is 3.74. The van der Waals surface area contributed by atoms with E-state index in [0.29, 0.717) is 0 Å². The van der Waals surface area contributed by atoms with Crippen molar-refractivity contribution >= 4 is 33.2 Å². The van der Waals surface area contributed by atoms with E-state index in [1.54, 1.807) is 11.3 Å². The lowest BCUT2D eigenvalue weighted by Gasteiger charge is -2.14. The number of halogens is 1. The third-order valence-corrected chi connectivity index (χ3v) is 6.87. The van der Waals surface area contributed by atoms with Gasteiger partial charge in [0.15, 0.2) is 11.9 Å². The molecule has 2 aliphatic rings. The highest BCUT2D eigenvalue weighted by atomic mass is 35.5. The normalized spacial score (nSPS) is 18.1. The van der Waals surface area contributed by atoms with Gasteiger partial charge in [0, 0.05) is 39.9 Å². The smallest absolute Gasteiger partial charge is 0.181 e. The van der Waals surface area contributed by atoms with Crippen LogP contribution in [0.25, 0.3) is 21.3 Å². The van der Waals surface area contributed by atoms with Crippen molar-refractivity contribution in [1.29, 1.82) is 0 Å². The fraction of sp³-hybridized carbons (Fsp3) is 0.273. The van der Waals surface area contributed by atoms with Gasteiger partial charge in [-0.2, -0.15) is 0 Å². The van der Waals surface area contributed by atoms with Crippen LogP contribution in [0.15, 0.2) is 40.4 Å². The van der Waals surface area contributed by atoms with Gasteiger partial charge in [-0.3, -0.25) is 4.98 Å². The summed E-state index contributed by atoms with van der Waals surface area (Å²) >= 11 is 8.18. The Labute approximate surface area is 171 Å². The number of aromatic nitrogens is 2. The molecule has 6 rings (SSSR count). The summed E-state index contributed by atoms with van der Waals surface area (Å²) in [6, 6.07) is 8.08. The second kappa shape index (κ2) is 6.33. The number of aryl methyl sites for hydroxylation is 1. The summed E-state index contributed by atoms with van der Waals surface area (Å²) < 4.78 is 13.4. The van der Waals surface area contributed by atoms with Gasteiger partial charge >= 0.3 is 0 Å². The standard InChI is InChI=1S/C22H17ClN2O2S/c23-13-9-12-10-19(21-15-3-1-2-4-17(15)25-27-21)26-20(12)16(11-13)14-5-7-24-18-6-8-28-22(14)18/h5-9,11,19H,1-4,10H2/t19-/m0/s1. The van der Waals surface area contributed by atoms with Crippen LogP contribution in [0.5, 0.6) is 5.75 Å². The summed E-state index contributed by atoms with van der Waals surface area (Å²) in [5, 5.41) is 7.10. The molecule has 0 spiro atoms. The van der Waals surface area contributed by atoms with Gasteiger partial charge in [-0.15, -0.1) is 11.3 Å². The Morgan fingerprint density at radius 1 is 1.11 bits per heavy atom. The van der Waals surface area contributed by atoms with Gasteiger partial charge in [0.05, 0.1) is 15.9 Å². The van der Waals surface area contributed by atoms with Crippen molar-refractivity contribution in [3.05, 3.63) is 63.4 Å². The maximum atomic E-state index is 6.49. The van der Waals surface area contributed by atoms with Crippen molar-refractivity contribution in [1.82, 2.24) is 10.1 Å². The molecule has 0 fully saturated rings. The minimum Gasteiger partial charge on any atom is -0.481 e. The van der Waals surface area contributed by atoms with Crippen molar-refractivity contribution in [2.45, 2.75) is 38.2 Å². The van der Waals surface area contributed by atoms with Crippen molar-refractivity contribution in [2.24, 2.45) is 0 Å². The van der Waals surface area contributed by atoms with Gasteiger partial charge in [0.1, 0.15) is 5.75 Å². The van der Waals surface area contributed by atoms with E-state index in [-0.39, 0.29) is 6.10 Å². The molecule has 6 heteroatoms. The van der Waals surface area contributed by atoms with Crippen LogP contribution in [0.1, 0.15) is 41.5 Å². The molecular weight excluding hydrogens is 392 g/mol. The number of rotatable bonds is 2. The Bertz CT molecular complexity index is 1210. The van der Waals surface area contributed by atoms with Crippen LogP contribution in [0.4, 0.5) is 0 Å². The molecule has 1 atom stereocenters. The molecule has 0 unspecified atom stereocenters. The van der Waals surface area contributed by atoms with Crippen molar-refractivity contribution in [3.63, 3.8) is 0 Å². The van der Waals surface area contributed by atoms with Crippen LogP contribution >= 0.6 is 22.9 Å². The predicted octanol–water partition coefficient (Wildman–Crippen LogP) is 6.16. The number of hydrogen-bond acceptors (Lipinski definition) is 5. The molecule has 140 valence electrons. The maximum absolute atomic E-state index is 6.49. The van der Waals surface area contributed by atoms with Crippen molar-refractivity contribution in [2.75, 3.05) is 0 Å². The van der Waals surface area contributed by atoms with Crippen LogP contribution in [0.2, 0.25) is 5.02 Å². The molecule has 3 aromatic heterocycles. The fourth-order valence-corrected chi connectivity index (χ4v) is 5.54. The number of nitrogens with zero attached hydrogens (tertiary/aromatic N) is 2. The van der Waals surface area contributed by atoms with Gasteiger partial charge in [0.25, 0.3) is 0 Å². The third-order valence-electron chi connectivity index (χ3n) is 5.71. The van der Waals surface area contributed by atoms with E-state index in [9.17, 15) is 0 Å². The molecule has 0 amide bonds. The van der Waals surface area contributed by atoms with Crippen molar-refractivity contribution < 1.29 is 9.26 Å². The molecule has 1 aliphatic heterocycles. The topological polar surface area (TPSA) is 48.2 Å². The van der Waals surface area contributed by atoms with E-state index >= 15 is 0 Å². The van der Waals surface area contributed by atoms with E-state index in [1.807, 2.05) is 30.5 Å². The number of benzene rings is 1. The first-order valence-electron chi connectivity index (χ1n) is 9.57. The first-order valence-corrected chi connectivity index (χ1v) is 10.8. The lowest BCUT2D eigenvalue weighted by atomic mass is 9.93. The monoisotopic (exact) mass is 408 g/mol. The highest BCUT2D eigenvalue weighted by Crippen LogP contribution is 2.47. The van der Waals surface area contributed by atoms with E-state index in [4.69, 9.17) is 20.9 Å². The lowest BCUT2D eigenvalue weighted by molar-refractivity contribution is 0.189. The largest absolute Gasteiger partial charge is 0.481 e. The summed E-state index contributed by atoms with van der Waals surface area (Å²) in [5.74, 6) is 1.79. The van der Waals surface area contributed by atoms with Crippen LogP contribution < -0.4 is 4.74 Å². The van der Waals surface area contributed by atoms with E-state index in [2.05, 4.69) is 15.5 Å². The molecule has 1 aliphatic carbocycles. The fourth-order valence-electron chi connectivity index (χ4n) is 4.42. The molecular formula is C22H17ClN2O2S. The SMILES string of the molecule is Clc1cc2c(c(-c3ccnc4ccsc34)c1)O[C@H](c1onc3c1CCCC3)C2. The van der Waals surface area contributed by atoms with Gasteiger partial charge in [-0.05, 0) is 55.3 Å². The van der Waals surface area contributed by atoms with Crippen LogP contribution in [-0.4, -0.2) is 10.1 Å². The third kappa shape index (κ3) is 2.50. The average Bonchev–Trinajstić information content (AvgIpc) is 3.43. The zero-order valence-corrected chi connectivity index (χ0v) is 16.6. The summed E-state index contributed by atoms with van der Waals surface area (Å²) in [5.41, 5.74) is 6.60. The van der Waals surface area contributed by atoms with Crippen LogP contribution in [-0.2, 0) is 19.3 Å². The Morgan fingerprint density at radius 2 is 2.04 bits per heavy atom. The number of fused-ring (bicyclic) bond motifs is 3. The summed E-state index contributed by atoms with van der Waals surface area (Å²) in [7, 11) is 0. The molecule has 4 heterocycles. The maximum Gasteiger partial charge on any atom is 0.181 e. The predicted molar refractivity (Wildman–Crippen MR) is 110 cm³/mol. The summed E-state index contributed by atoms with van der Waals surface area (Å²) in [6.07, 6.45) is 6.86. The number of pyridine rings is 1. The van der Waals surface area contributed by atoms with Crippen LogP contribution in [0, 0.1) is 0 Å². The highest BCUT2D eigenvalue weighted by Gasteiger charge is 2.34. The summed E-state index contributed by atoms with van der Waals surface area (Å²) in [4.78, 5) is 4.46. The summed E-state index contributed by atoms with van der Waals surface area (Å²) in [6.45, 7) is 0. The molecule has 0 radical (unpaired) electrons. The molecule has 0 bridgehead atoms. The van der Waals surface area contributed by atoms with Crippen molar-refractivity contribution in [3.8, 4) is 16.9 Å². The minimum atomic E-state index is -0.137. The molecule has 0 saturated carbocycles. The first-order chi connectivity index (χ1) is 13.8. The minimum absolute atomic E-state index is 0.137. The van der Waals surface area contributed by atoms with Gasteiger partial charge in [0.2, 0.25) is 0 Å². The Hall–Kier alpha value is -2.37. The van der Waals surface area contributed by atoms with E-state index < -0.39 is 0 Å². The molecule has 28 heavy (non-hydrogen) atoms. The van der Waals surface area contributed by atoms with E-state index in [0.717, 1.165) is 68.4 Å². The average molecular weight is 409 g/mol. The first kappa shape index (κ1) is 16.6. The molecule has 0 N–H and O–H groups in total. The Balaban J connectivity index is 1.46. The molecule has 4 nitrogen and oxygen atoms in total. The highest BCUT2D eigenvalue weighted by molar-refractivity contribution is 7.17. The second-order valence-electron chi connectivity index (χ2n) is 7.42. The molecule has 4 aromatic rings. The number of thiophene rings is 1. The zero-order chi connectivity index (χ0) is 18.7. The Morgan fingerprint density at radius 3 is 3.00 bits per heavy atom. The molecule has 0 saturated heterocycles. The van der Waals surface area contributed by atoms with E-state index in [1.165, 1.54) is 18.4 Å². The van der Waals surface area contributed by atoms with Crippen LogP contribution in [0.3, 0.4) is 0 Å². The van der Waals surface area contributed by atoms with Gasteiger partial charge in [-0.25, -0.2) is 0 Å². The zero-order valence-electron chi connectivity index (χ0n) is 15.1. The lowest BCUT2D eigenvalue weighted by Crippen LogP contribution is -2.08. The molecule has 1 aromatic carbocycles. The van der Waals surface area contributed by atoms with Gasteiger partial charge < -0.3 is 9.26 Å². The number of hydrogen-bond donors (Lipinski definition) is 0. The van der Waals surface area contributed by atoms with Gasteiger partial charge in [-0.1, -0.05) is 16.8 Å². The quantitative estimate of drug-likeness (QED) is 0.398. The second-order valence-corrected chi connectivity index (χ2v) is 8.78.